The van der Waals surface area contributed by atoms with Crippen molar-refractivity contribution in [2.75, 3.05) is 26.2 Å². The Morgan fingerprint density at radius 1 is 0.885 bits per heavy atom. The number of rotatable bonds is 4. The van der Waals surface area contributed by atoms with Crippen LogP contribution >= 0.6 is 11.3 Å². The first-order valence-corrected chi connectivity index (χ1v) is 10.0. The van der Waals surface area contributed by atoms with E-state index in [1.165, 1.54) is 15.3 Å². The van der Waals surface area contributed by atoms with Crippen LogP contribution in [-0.2, 0) is 0 Å². The lowest BCUT2D eigenvalue weighted by atomic mass is 10.1. The van der Waals surface area contributed by atoms with Gasteiger partial charge >= 0.3 is 0 Å². The molecule has 3 nitrogen and oxygen atoms in total. The van der Waals surface area contributed by atoms with E-state index in [1.54, 1.807) is 23.5 Å². The van der Waals surface area contributed by atoms with Crippen LogP contribution in [0.15, 0.2) is 48.5 Å². The van der Waals surface area contributed by atoms with E-state index in [2.05, 4.69) is 41.8 Å². The molecule has 2 heterocycles. The van der Waals surface area contributed by atoms with E-state index in [4.69, 9.17) is 4.98 Å². The van der Waals surface area contributed by atoms with Gasteiger partial charge in [-0.15, -0.1) is 11.3 Å². The smallest absolute Gasteiger partial charge is 0.123 e. The van der Waals surface area contributed by atoms with Gasteiger partial charge < -0.3 is 0 Å². The van der Waals surface area contributed by atoms with Gasteiger partial charge in [0.15, 0.2) is 0 Å². The quantitative estimate of drug-likeness (QED) is 0.654. The molecule has 1 saturated heterocycles. The van der Waals surface area contributed by atoms with E-state index in [9.17, 15) is 4.39 Å². The molecular formula is C21H24FN3S. The third-order valence-electron chi connectivity index (χ3n) is 5.46. The molecule has 2 atom stereocenters. The molecule has 4 rings (SSSR count). The summed E-state index contributed by atoms with van der Waals surface area (Å²) in [6.45, 7) is 8.57. The largest absolute Gasteiger partial charge is 0.294 e. The molecule has 0 N–H and O–H groups in total. The second kappa shape index (κ2) is 7.43. The molecule has 2 aromatic carbocycles. The minimum Gasteiger partial charge on any atom is -0.294 e. The van der Waals surface area contributed by atoms with Crippen molar-refractivity contribution in [1.82, 2.24) is 14.8 Å². The summed E-state index contributed by atoms with van der Waals surface area (Å²) in [5.41, 5.74) is 2.28. The van der Waals surface area contributed by atoms with Gasteiger partial charge in [-0.25, -0.2) is 9.37 Å². The Labute approximate surface area is 158 Å². The third kappa shape index (κ3) is 3.52. The molecule has 1 fully saturated rings. The Kier molecular flexibility index (Phi) is 5.02. The molecule has 0 bridgehead atoms. The summed E-state index contributed by atoms with van der Waals surface area (Å²) in [6, 6.07) is 15.9. The number of piperazine rings is 1. The number of hydrogen-bond donors (Lipinski definition) is 0. The van der Waals surface area contributed by atoms with E-state index in [0.29, 0.717) is 12.1 Å². The fourth-order valence-electron chi connectivity index (χ4n) is 3.69. The lowest BCUT2D eigenvalue weighted by molar-refractivity contribution is 0.0782. The van der Waals surface area contributed by atoms with Crippen LogP contribution in [0.25, 0.3) is 10.2 Å². The highest BCUT2D eigenvalue weighted by Gasteiger charge is 2.26. The maximum atomic E-state index is 13.1. The van der Waals surface area contributed by atoms with Gasteiger partial charge in [-0.3, -0.25) is 9.80 Å². The summed E-state index contributed by atoms with van der Waals surface area (Å²) in [4.78, 5) is 9.83. The summed E-state index contributed by atoms with van der Waals surface area (Å²) in [5, 5.41) is 1.20. The van der Waals surface area contributed by atoms with Gasteiger partial charge in [-0.2, -0.15) is 0 Å². The lowest BCUT2D eigenvalue weighted by Gasteiger charge is -2.40. The molecule has 0 radical (unpaired) electrons. The SMILES string of the molecule is C[C@H](c1nc2ccccc2s1)N1CCN([C@@H](C)c2ccc(F)cc2)CC1. The van der Waals surface area contributed by atoms with E-state index in [0.717, 1.165) is 31.7 Å². The molecule has 0 amide bonds. The molecular weight excluding hydrogens is 345 g/mol. The van der Waals surface area contributed by atoms with Crippen LogP contribution in [0.3, 0.4) is 0 Å². The van der Waals surface area contributed by atoms with Crippen molar-refractivity contribution in [3.63, 3.8) is 0 Å². The normalized spacial score (nSPS) is 18.9. The highest BCUT2D eigenvalue weighted by Crippen LogP contribution is 2.31. The maximum absolute atomic E-state index is 13.1. The third-order valence-corrected chi connectivity index (χ3v) is 6.67. The molecule has 0 unspecified atom stereocenters. The first-order valence-electron chi connectivity index (χ1n) is 9.21. The van der Waals surface area contributed by atoms with Gasteiger partial charge in [0.1, 0.15) is 10.8 Å². The van der Waals surface area contributed by atoms with Gasteiger partial charge in [0.25, 0.3) is 0 Å². The Morgan fingerprint density at radius 2 is 1.50 bits per heavy atom. The monoisotopic (exact) mass is 369 g/mol. The second-order valence-corrected chi connectivity index (χ2v) is 8.06. The number of fused-ring (bicyclic) bond motifs is 1. The Balaban J connectivity index is 1.40. The predicted octanol–water partition coefficient (Wildman–Crippen LogP) is 4.88. The van der Waals surface area contributed by atoms with E-state index in [1.807, 2.05) is 18.2 Å². The fourth-order valence-corrected chi connectivity index (χ4v) is 4.74. The van der Waals surface area contributed by atoms with Crippen molar-refractivity contribution in [2.45, 2.75) is 25.9 Å². The zero-order valence-corrected chi connectivity index (χ0v) is 16.0. The molecule has 136 valence electrons. The molecule has 0 spiro atoms. The van der Waals surface area contributed by atoms with Crippen LogP contribution in [0.5, 0.6) is 0 Å². The van der Waals surface area contributed by atoms with E-state index < -0.39 is 0 Å². The summed E-state index contributed by atoms with van der Waals surface area (Å²) < 4.78 is 14.4. The minimum absolute atomic E-state index is 0.171. The average Bonchev–Trinajstić information content (AvgIpc) is 3.12. The van der Waals surface area contributed by atoms with Gasteiger partial charge in [-0.05, 0) is 43.7 Å². The van der Waals surface area contributed by atoms with Crippen LogP contribution in [0.1, 0.15) is 36.5 Å². The van der Waals surface area contributed by atoms with Crippen LogP contribution in [-0.4, -0.2) is 41.0 Å². The molecule has 1 aliphatic heterocycles. The number of benzene rings is 2. The first kappa shape index (κ1) is 17.6. The van der Waals surface area contributed by atoms with Crippen molar-refractivity contribution in [3.8, 4) is 0 Å². The zero-order chi connectivity index (χ0) is 18.1. The van der Waals surface area contributed by atoms with Crippen LogP contribution in [0.2, 0.25) is 0 Å². The number of nitrogens with zero attached hydrogens (tertiary/aromatic N) is 3. The summed E-state index contributed by atoms with van der Waals surface area (Å²) in [5.74, 6) is -0.171. The number of thiazole rings is 1. The summed E-state index contributed by atoms with van der Waals surface area (Å²) >= 11 is 1.80. The molecule has 0 saturated carbocycles. The standard InChI is InChI=1S/C21H24FN3S/c1-15(17-7-9-18(22)10-8-17)24-11-13-25(14-12-24)16(2)21-23-19-5-3-4-6-20(19)26-21/h3-10,15-16H,11-14H2,1-2H3/t15-,16+/m0/s1. The van der Waals surface area contributed by atoms with Crippen molar-refractivity contribution in [2.24, 2.45) is 0 Å². The Morgan fingerprint density at radius 3 is 2.15 bits per heavy atom. The zero-order valence-electron chi connectivity index (χ0n) is 15.2. The highest BCUT2D eigenvalue weighted by molar-refractivity contribution is 7.18. The van der Waals surface area contributed by atoms with Crippen molar-refractivity contribution in [3.05, 3.63) is 64.9 Å². The Hall–Kier alpha value is -1.82. The molecule has 26 heavy (non-hydrogen) atoms. The van der Waals surface area contributed by atoms with Gasteiger partial charge in [0.05, 0.1) is 16.3 Å². The number of hydrogen-bond acceptors (Lipinski definition) is 4. The van der Waals surface area contributed by atoms with E-state index in [-0.39, 0.29) is 5.82 Å². The van der Waals surface area contributed by atoms with Crippen LogP contribution in [0.4, 0.5) is 4.39 Å². The van der Waals surface area contributed by atoms with Gasteiger partial charge in [0, 0.05) is 32.2 Å². The van der Waals surface area contributed by atoms with Gasteiger partial charge in [-0.1, -0.05) is 24.3 Å². The second-order valence-electron chi connectivity index (χ2n) is 7.00. The molecule has 3 aromatic rings. The summed E-state index contributed by atoms with van der Waals surface area (Å²) in [7, 11) is 0. The van der Waals surface area contributed by atoms with Crippen LogP contribution in [0, 0.1) is 5.82 Å². The highest BCUT2D eigenvalue weighted by atomic mass is 32.1. The minimum atomic E-state index is -0.171. The molecule has 1 aliphatic rings. The lowest BCUT2D eigenvalue weighted by Crippen LogP contribution is -2.47. The van der Waals surface area contributed by atoms with Crippen molar-refractivity contribution >= 4 is 21.6 Å². The van der Waals surface area contributed by atoms with Gasteiger partial charge in [0.2, 0.25) is 0 Å². The van der Waals surface area contributed by atoms with Crippen molar-refractivity contribution < 1.29 is 4.39 Å². The predicted molar refractivity (Wildman–Crippen MR) is 106 cm³/mol. The number of halogens is 1. The van der Waals surface area contributed by atoms with Crippen LogP contribution < -0.4 is 0 Å². The fraction of sp³-hybridized carbons (Fsp3) is 0.381. The summed E-state index contributed by atoms with van der Waals surface area (Å²) in [6.07, 6.45) is 0. The van der Waals surface area contributed by atoms with E-state index >= 15 is 0 Å². The molecule has 0 aliphatic carbocycles. The molecule has 5 heteroatoms. The first-order chi connectivity index (χ1) is 12.6. The molecule has 1 aromatic heterocycles. The maximum Gasteiger partial charge on any atom is 0.123 e. The topological polar surface area (TPSA) is 19.4 Å². The number of para-hydroxylation sites is 1. The Bertz CT molecular complexity index is 835. The van der Waals surface area contributed by atoms with Crippen molar-refractivity contribution in [1.29, 1.82) is 0 Å². The number of aromatic nitrogens is 1. The average molecular weight is 370 g/mol.